The number of methoxy groups -OCH3 is 1. The number of ether oxygens (including phenoxy) is 1. The van der Waals surface area contributed by atoms with Crippen LogP contribution in [-0.4, -0.2) is 36.1 Å². The van der Waals surface area contributed by atoms with Gasteiger partial charge in [-0.15, -0.1) is 0 Å². The molecule has 0 unspecified atom stereocenters. The number of hydrogen-bond acceptors (Lipinski definition) is 7. The molecule has 1 aromatic heterocycles. The van der Waals surface area contributed by atoms with Gasteiger partial charge in [0.1, 0.15) is 12.0 Å². The lowest BCUT2D eigenvalue weighted by molar-refractivity contribution is -0.114. The van der Waals surface area contributed by atoms with E-state index in [2.05, 4.69) is 25.9 Å². The number of hydrogen-bond donors (Lipinski definition) is 4. The third-order valence-corrected chi connectivity index (χ3v) is 2.95. The second-order valence-corrected chi connectivity index (χ2v) is 4.79. The molecular formula is C15H20N6O2. The van der Waals surface area contributed by atoms with E-state index in [1.165, 1.54) is 13.3 Å². The first-order valence-corrected chi connectivity index (χ1v) is 7.08. The molecule has 0 spiro atoms. The van der Waals surface area contributed by atoms with Gasteiger partial charge < -0.3 is 26.4 Å². The highest BCUT2D eigenvalue weighted by atomic mass is 16.5. The van der Waals surface area contributed by atoms with Crippen LogP contribution >= 0.6 is 0 Å². The van der Waals surface area contributed by atoms with Crippen LogP contribution < -0.4 is 21.7 Å². The van der Waals surface area contributed by atoms with Gasteiger partial charge >= 0.3 is 0 Å². The third kappa shape index (κ3) is 4.82. The summed E-state index contributed by atoms with van der Waals surface area (Å²) in [7, 11) is 1.63. The Bertz CT molecular complexity index is 660. The molecule has 0 aliphatic rings. The van der Waals surface area contributed by atoms with Gasteiger partial charge in [-0.3, -0.25) is 4.79 Å². The second-order valence-electron chi connectivity index (χ2n) is 4.79. The minimum Gasteiger partial charge on any atom is -0.393 e. The fraction of sp³-hybridized carbons (Fsp3) is 0.267. The van der Waals surface area contributed by atoms with Gasteiger partial charge in [0.05, 0.1) is 6.61 Å². The van der Waals surface area contributed by atoms with Crippen molar-refractivity contribution >= 4 is 34.6 Å². The number of nitrogens with two attached hydrogens (primary N) is 1. The minimum absolute atomic E-state index is 0.113. The van der Waals surface area contributed by atoms with Crippen LogP contribution in [0.25, 0.3) is 0 Å². The largest absolute Gasteiger partial charge is 0.393 e. The third-order valence-electron chi connectivity index (χ3n) is 2.95. The maximum Gasteiger partial charge on any atom is 0.221 e. The molecule has 8 heteroatoms. The molecule has 122 valence electrons. The summed E-state index contributed by atoms with van der Waals surface area (Å²) in [5, 5.41) is 8.91. The summed E-state index contributed by atoms with van der Waals surface area (Å²) in [5.74, 6) is 0.944. The molecule has 2 rings (SSSR count). The molecule has 0 radical (unpaired) electrons. The van der Waals surface area contributed by atoms with Gasteiger partial charge in [0.15, 0.2) is 11.6 Å². The zero-order valence-corrected chi connectivity index (χ0v) is 13.1. The fourth-order valence-electron chi connectivity index (χ4n) is 1.88. The van der Waals surface area contributed by atoms with E-state index in [1.54, 1.807) is 19.2 Å². The summed E-state index contributed by atoms with van der Waals surface area (Å²) in [6.45, 7) is 2.62. The Morgan fingerprint density at radius 1 is 1.17 bits per heavy atom. The van der Waals surface area contributed by atoms with Crippen LogP contribution in [-0.2, 0) is 9.53 Å². The standard InChI is InChI=1S/C15H20N6O2/c1-10(22)20-11-3-5-12(6-4-11)21-15-13(16)14(18-9-19-15)17-7-8-23-2/h3-6,9H,7-8,16H2,1-2H3,(H,20,22)(H2,17,18,19,21). The highest BCUT2D eigenvalue weighted by Gasteiger charge is 2.08. The number of benzene rings is 1. The highest BCUT2D eigenvalue weighted by molar-refractivity contribution is 5.89. The van der Waals surface area contributed by atoms with E-state index in [4.69, 9.17) is 10.5 Å². The molecule has 23 heavy (non-hydrogen) atoms. The van der Waals surface area contributed by atoms with Crippen molar-refractivity contribution in [1.82, 2.24) is 9.97 Å². The predicted octanol–water partition coefficient (Wildman–Crippen LogP) is 1.82. The quantitative estimate of drug-likeness (QED) is 0.576. The van der Waals surface area contributed by atoms with E-state index in [9.17, 15) is 4.79 Å². The number of rotatable bonds is 7. The van der Waals surface area contributed by atoms with Crippen molar-refractivity contribution in [3.8, 4) is 0 Å². The van der Waals surface area contributed by atoms with E-state index < -0.39 is 0 Å². The lowest BCUT2D eigenvalue weighted by Crippen LogP contribution is -2.12. The molecular weight excluding hydrogens is 296 g/mol. The summed E-state index contributed by atoms with van der Waals surface area (Å²) >= 11 is 0. The van der Waals surface area contributed by atoms with Crippen LogP contribution in [0.3, 0.4) is 0 Å². The number of anilines is 5. The van der Waals surface area contributed by atoms with Crippen LogP contribution in [0.15, 0.2) is 30.6 Å². The maximum atomic E-state index is 11.0. The Hall–Kier alpha value is -2.87. The number of carbonyl (C=O) groups excluding carboxylic acids is 1. The molecule has 5 N–H and O–H groups in total. The molecule has 8 nitrogen and oxygen atoms in total. The second kappa shape index (κ2) is 7.95. The van der Waals surface area contributed by atoms with E-state index in [0.717, 1.165) is 11.4 Å². The number of aromatic nitrogens is 2. The summed E-state index contributed by atoms with van der Waals surface area (Å²) < 4.78 is 4.98. The number of nitrogens with zero attached hydrogens (tertiary/aromatic N) is 2. The molecule has 1 amide bonds. The monoisotopic (exact) mass is 316 g/mol. The first kappa shape index (κ1) is 16.5. The summed E-state index contributed by atoms with van der Waals surface area (Å²) in [6, 6.07) is 7.23. The average molecular weight is 316 g/mol. The molecule has 1 heterocycles. The molecule has 1 aromatic carbocycles. The van der Waals surface area contributed by atoms with Crippen molar-refractivity contribution < 1.29 is 9.53 Å². The van der Waals surface area contributed by atoms with Crippen LogP contribution in [0.1, 0.15) is 6.92 Å². The van der Waals surface area contributed by atoms with E-state index >= 15 is 0 Å². The smallest absolute Gasteiger partial charge is 0.221 e. The lowest BCUT2D eigenvalue weighted by atomic mass is 10.2. The SMILES string of the molecule is COCCNc1ncnc(Nc2ccc(NC(C)=O)cc2)c1N. The fourth-order valence-corrected chi connectivity index (χ4v) is 1.88. The van der Waals surface area contributed by atoms with Gasteiger partial charge in [-0.05, 0) is 24.3 Å². The zero-order valence-electron chi connectivity index (χ0n) is 13.1. The Morgan fingerprint density at radius 2 is 1.83 bits per heavy atom. The highest BCUT2D eigenvalue weighted by Crippen LogP contribution is 2.26. The Morgan fingerprint density at radius 3 is 2.48 bits per heavy atom. The van der Waals surface area contributed by atoms with Gasteiger partial charge in [-0.2, -0.15) is 0 Å². The first-order valence-electron chi connectivity index (χ1n) is 7.08. The van der Waals surface area contributed by atoms with Crippen molar-refractivity contribution in [1.29, 1.82) is 0 Å². The summed E-state index contributed by atoms with van der Waals surface area (Å²) in [5.41, 5.74) is 8.01. The first-order chi connectivity index (χ1) is 11.1. The normalized spacial score (nSPS) is 10.2. The number of nitrogens with one attached hydrogen (secondary N) is 3. The number of amides is 1. The van der Waals surface area contributed by atoms with E-state index in [-0.39, 0.29) is 5.91 Å². The predicted molar refractivity (Wildman–Crippen MR) is 90.8 cm³/mol. The summed E-state index contributed by atoms with van der Waals surface area (Å²) in [4.78, 5) is 19.3. The molecule has 0 aliphatic heterocycles. The minimum atomic E-state index is -0.113. The van der Waals surface area contributed by atoms with Gasteiger partial charge in [0.2, 0.25) is 5.91 Å². The topological polar surface area (TPSA) is 114 Å². The molecule has 0 saturated heterocycles. The molecule has 0 saturated carbocycles. The molecule has 0 bridgehead atoms. The average Bonchev–Trinajstić information content (AvgIpc) is 2.52. The van der Waals surface area contributed by atoms with Crippen molar-refractivity contribution in [2.24, 2.45) is 0 Å². The van der Waals surface area contributed by atoms with Gasteiger partial charge in [-0.1, -0.05) is 0 Å². The van der Waals surface area contributed by atoms with Crippen LogP contribution in [0.4, 0.5) is 28.7 Å². The Labute approximate surface area is 134 Å². The van der Waals surface area contributed by atoms with Gasteiger partial charge in [0.25, 0.3) is 0 Å². The van der Waals surface area contributed by atoms with E-state index in [1.807, 2.05) is 12.1 Å². The van der Waals surface area contributed by atoms with Crippen molar-refractivity contribution in [3.05, 3.63) is 30.6 Å². The van der Waals surface area contributed by atoms with Crippen LogP contribution in [0, 0.1) is 0 Å². The molecule has 0 atom stereocenters. The van der Waals surface area contributed by atoms with Crippen LogP contribution in [0.5, 0.6) is 0 Å². The van der Waals surface area contributed by atoms with E-state index in [0.29, 0.717) is 30.5 Å². The van der Waals surface area contributed by atoms with Crippen molar-refractivity contribution in [2.45, 2.75) is 6.92 Å². The molecule has 2 aromatic rings. The Kier molecular flexibility index (Phi) is 5.70. The van der Waals surface area contributed by atoms with Crippen molar-refractivity contribution in [2.75, 3.05) is 41.9 Å². The number of nitrogen functional groups attached to an aromatic ring is 1. The zero-order chi connectivity index (χ0) is 16.7. The van der Waals surface area contributed by atoms with Crippen molar-refractivity contribution in [3.63, 3.8) is 0 Å². The number of carbonyl (C=O) groups is 1. The van der Waals surface area contributed by atoms with Gasteiger partial charge in [0, 0.05) is 32.0 Å². The lowest BCUT2D eigenvalue weighted by Gasteiger charge is -2.12. The molecule has 0 aliphatic carbocycles. The summed E-state index contributed by atoms with van der Waals surface area (Å²) in [6.07, 6.45) is 1.43. The van der Waals surface area contributed by atoms with Gasteiger partial charge in [-0.25, -0.2) is 9.97 Å². The van der Waals surface area contributed by atoms with Crippen LogP contribution in [0.2, 0.25) is 0 Å². The Balaban J connectivity index is 2.07. The molecule has 0 fully saturated rings. The maximum absolute atomic E-state index is 11.0.